The van der Waals surface area contributed by atoms with Gasteiger partial charge >= 0.3 is 0 Å². The number of ketones is 2. The maximum Gasteiger partial charge on any atom is 0.223 e. The van der Waals surface area contributed by atoms with Crippen LogP contribution in [0.2, 0.25) is 0 Å². The Morgan fingerprint density at radius 2 is 1.96 bits per heavy atom. The smallest absolute Gasteiger partial charge is 0.223 e. The summed E-state index contributed by atoms with van der Waals surface area (Å²) < 4.78 is 5.42. The molecule has 0 radical (unpaired) electrons. The normalized spacial score (nSPS) is 56.3. The summed E-state index contributed by atoms with van der Waals surface area (Å²) in [7, 11) is 0. The fourth-order valence-electron chi connectivity index (χ4n) is 7.31. The average Bonchev–Trinajstić information content (AvgIpc) is 2.96. The molecule has 9 atom stereocenters. The van der Waals surface area contributed by atoms with Crippen LogP contribution in [0.5, 0.6) is 0 Å². The van der Waals surface area contributed by atoms with E-state index in [1.807, 2.05) is 13.0 Å². The van der Waals surface area contributed by atoms with Gasteiger partial charge in [0.2, 0.25) is 12.1 Å². The number of hydrogen-bond acceptors (Lipinski definition) is 6. The number of aliphatic hydroxyl groups excluding tert-OH is 2. The van der Waals surface area contributed by atoms with E-state index in [2.05, 4.69) is 6.92 Å². The summed E-state index contributed by atoms with van der Waals surface area (Å²) in [6.07, 6.45) is 4.56. The topological polar surface area (TPSA) is 104 Å². The summed E-state index contributed by atoms with van der Waals surface area (Å²) in [5, 5.41) is 32.4. The summed E-state index contributed by atoms with van der Waals surface area (Å²) >= 11 is 0. The van der Waals surface area contributed by atoms with Crippen LogP contribution in [-0.4, -0.2) is 51.0 Å². The first-order valence-electron chi connectivity index (χ1n) is 9.85. The van der Waals surface area contributed by atoms with E-state index in [0.29, 0.717) is 6.42 Å². The second kappa shape index (κ2) is 5.17. The minimum atomic E-state index is -1.75. The first kappa shape index (κ1) is 17.7. The van der Waals surface area contributed by atoms with Crippen LogP contribution in [0.4, 0.5) is 0 Å². The second-order valence-electron chi connectivity index (χ2n) is 9.56. The van der Waals surface area contributed by atoms with Gasteiger partial charge in [0.05, 0.1) is 12.2 Å². The Balaban J connectivity index is 1.58. The fourth-order valence-corrected chi connectivity index (χ4v) is 7.31. The summed E-state index contributed by atoms with van der Waals surface area (Å²) in [5.41, 5.74) is -1.90. The molecule has 1 saturated heterocycles. The predicted molar refractivity (Wildman–Crippen MR) is 94.2 cm³/mol. The molecule has 0 aromatic rings. The Hall–Kier alpha value is -1.34. The highest BCUT2D eigenvalue weighted by atomic mass is 16.6. The summed E-state index contributed by atoms with van der Waals surface area (Å²) in [6.45, 7) is 3.95. The monoisotopic (exact) mass is 374 g/mol. The highest BCUT2D eigenvalue weighted by molar-refractivity contribution is 6.01. The van der Waals surface area contributed by atoms with Crippen molar-refractivity contribution in [2.75, 3.05) is 0 Å². The molecule has 1 unspecified atom stereocenters. The van der Waals surface area contributed by atoms with E-state index in [-0.39, 0.29) is 35.4 Å². The molecule has 4 aliphatic carbocycles. The molecule has 0 amide bonds. The molecule has 1 aliphatic heterocycles. The number of carbonyl (C=O) groups is 2. The van der Waals surface area contributed by atoms with E-state index in [9.17, 15) is 24.9 Å². The quantitative estimate of drug-likeness (QED) is 0.582. The lowest BCUT2D eigenvalue weighted by Gasteiger charge is -2.59. The lowest BCUT2D eigenvalue weighted by Crippen LogP contribution is -2.62. The molecular weight excluding hydrogens is 348 g/mol. The van der Waals surface area contributed by atoms with Crippen LogP contribution in [0, 0.1) is 28.6 Å². The third kappa shape index (κ3) is 1.90. The molecule has 5 rings (SSSR count). The molecule has 6 heteroatoms. The third-order valence-electron chi connectivity index (χ3n) is 8.58. The van der Waals surface area contributed by atoms with Gasteiger partial charge in [-0.3, -0.25) is 9.59 Å². The molecule has 27 heavy (non-hydrogen) atoms. The van der Waals surface area contributed by atoms with Gasteiger partial charge in [0.15, 0.2) is 11.4 Å². The number of fused-ring (bicyclic) bond motifs is 7. The van der Waals surface area contributed by atoms with Crippen molar-refractivity contribution in [1.29, 1.82) is 0 Å². The largest absolute Gasteiger partial charge is 0.393 e. The molecule has 0 bridgehead atoms. The Morgan fingerprint density at radius 1 is 1.22 bits per heavy atom. The van der Waals surface area contributed by atoms with E-state index in [1.54, 1.807) is 12.2 Å². The molecular formula is C21H26O6. The second-order valence-corrected chi connectivity index (χ2v) is 9.56. The first-order valence-corrected chi connectivity index (χ1v) is 9.85. The molecule has 1 heterocycles. The van der Waals surface area contributed by atoms with Crippen LogP contribution in [0.25, 0.3) is 0 Å². The highest BCUT2D eigenvalue weighted by Gasteiger charge is 2.75. The van der Waals surface area contributed by atoms with E-state index in [0.717, 1.165) is 18.4 Å². The summed E-state index contributed by atoms with van der Waals surface area (Å²) in [6, 6.07) is 0. The molecule has 0 aromatic heterocycles. The van der Waals surface area contributed by atoms with Crippen molar-refractivity contribution in [3.8, 4) is 0 Å². The minimum absolute atomic E-state index is 0.00578. The van der Waals surface area contributed by atoms with Gasteiger partial charge in [-0.1, -0.05) is 25.5 Å². The number of aliphatic hydroxyl groups is 3. The van der Waals surface area contributed by atoms with Gasteiger partial charge in [0.25, 0.3) is 0 Å². The number of allylic oxidation sites excluding steroid dienone is 4. The van der Waals surface area contributed by atoms with Crippen molar-refractivity contribution in [2.45, 2.75) is 63.6 Å². The summed E-state index contributed by atoms with van der Waals surface area (Å²) in [4.78, 5) is 24.4. The third-order valence-corrected chi connectivity index (χ3v) is 8.58. The Morgan fingerprint density at radius 3 is 2.70 bits per heavy atom. The van der Waals surface area contributed by atoms with Gasteiger partial charge in [0.1, 0.15) is 0 Å². The number of hydrogen-bond donors (Lipinski definition) is 3. The van der Waals surface area contributed by atoms with Crippen molar-refractivity contribution in [1.82, 2.24) is 0 Å². The van der Waals surface area contributed by atoms with Crippen LogP contribution >= 0.6 is 0 Å². The van der Waals surface area contributed by atoms with Crippen molar-refractivity contribution in [3.05, 3.63) is 23.8 Å². The number of ether oxygens (including phenoxy) is 1. The summed E-state index contributed by atoms with van der Waals surface area (Å²) in [5.74, 6) is -0.617. The van der Waals surface area contributed by atoms with Gasteiger partial charge in [-0.15, -0.1) is 0 Å². The lowest BCUT2D eigenvalue weighted by atomic mass is 9.46. The standard InChI is InChI=1S/C21H26O6/c1-19-6-5-11(22)7-10(19)3-4-12-13-8-15-21(26,17(24)18(25)27-15)20(13,2)9-14(23)16(12)19/h5-7,12-16,18,23,25-26H,3-4,8-9H2,1-2H3/t12-,13-,14-,15+,16+,18?,19-,20-,21-/m0/s1. The number of Topliss-reactive ketones (excluding diaryl/α,β-unsaturated/α-hetero) is 1. The van der Waals surface area contributed by atoms with Gasteiger partial charge < -0.3 is 20.1 Å². The maximum atomic E-state index is 12.6. The van der Waals surface area contributed by atoms with E-state index in [4.69, 9.17) is 4.74 Å². The zero-order chi connectivity index (χ0) is 19.4. The first-order chi connectivity index (χ1) is 12.6. The van der Waals surface area contributed by atoms with E-state index >= 15 is 0 Å². The Kier molecular flexibility index (Phi) is 3.40. The Labute approximate surface area is 157 Å². The molecule has 4 fully saturated rings. The van der Waals surface area contributed by atoms with Crippen LogP contribution in [0.15, 0.2) is 23.8 Å². The maximum absolute atomic E-state index is 12.6. The van der Waals surface area contributed by atoms with E-state index < -0.39 is 35.3 Å². The number of rotatable bonds is 0. The number of carbonyl (C=O) groups excluding carboxylic acids is 2. The zero-order valence-electron chi connectivity index (χ0n) is 15.6. The van der Waals surface area contributed by atoms with Crippen molar-refractivity contribution in [3.63, 3.8) is 0 Å². The van der Waals surface area contributed by atoms with Gasteiger partial charge in [-0.2, -0.15) is 0 Å². The van der Waals surface area contributed by atoms with Crippen molar-refractivity contribution in [2.24, 2.45) is 28.6 Å². The molecule has 3 N–H and O–H groups in total. The van der Waals surface area contributed by atoms with Crippen LogP contribution < -0.4 is 0 Å². The molecule has 146 valence electrons. The van der Waals surface area contributed by atoms with Gasteiger partial charge in [0, 0.05) is 16.7 Å². The van der Waals surface area contributed by atoms with Crippen molar-refractivity contribution < 1.29 is 29.6 Å². The predicted octanol–water partition coefficient (Wildman–Crippen LogP) is 0.892. The molecule has 6 nitrogen and oxygen atoms in total. The van der Waals surface area contributed by atoms with Crippen LogP contribution in [0.3, 0.4) is 0 Å². The minimum Gasteiger partial charge on any atom is -0.393 e. The zero-order valence-corrected chi connectivity index (χ0v) is 15.6. The molecule has 0 aromatic carbocycles. The van der Waals surface area contributed by atoms with Gasteiger partial charge in [-0.05, 0) is 49.7 Å². The fraction of sp³-hybridized carbons (Fsp3) is 0.714. The van der Waals surface area contributed by atoms with Crippen LogP contribution in [-0.2, 0) is 14.3 Å². The van der Waals surface area contributed by atoms with E-state index in [1.165, 1.54) is 0 Å². The highest BCUT2D eigenvalue weighted by Crippen LogP contribution is 2.68. The molecule has 3 saturated carbocycles. The van der Waals surface area contributed by atoms with Crippen LogP contribution in [0.1, 0.15) is 39.5 Å². The average molecular weight is 374 g/mol. The SMILES string of the molecule is C[C@]12C=CC(=O)C=C1CC[C@@H]1[C@@H]2[C@@H](O)C[C@@]2(C)[C@H]1C[C@H]1OC(O)C(=O)[C@@]12O. The van der Waals surface area contributed by atoms with Gasteiger partial charge in [-0.25, -0.2) is 0 Å². The molecule has 5 aliphatic rings. The van der Waals surface area contributed by atoms with Crippen molar-refractivity contribution >= 4 is 11.6 Å². The lowest BCUT2D eigenvalue weighted by molar-refractivity contribution is -0.176. The Bertz CT molecular complexity index is 800. The molecule has 0 spiro atoms.